The number of benzene rings is 1. The topological polar surface area (TPSA) is 72.4 Å². The summed E-state index contributed by atoms with van der Waals surface area (Å²) in [6, 6.07) is 6.32. The van der Waals surface area contributed by atoms with Gasteiger partial charge in [-0.3, -0.25) is 4.79 Å². The van der Waals surface area contributed by atoms with Crippen LogP contribution in [0.3, 0.4) is 0 Å². The van der Waals surface area contributed by atoms with E-state index in [0.717, 1.165) is 18.2 Å². The molecule has 3 rings (SSSR count). The van der Waals surface area contributed by atoms with Crippen molar-refractivity contribution in [2.75, 3.05) is 17.2 Å². The molecule has 4 nitrogen and oxygen atoms in total. The Labute approximate surface area is 120 Å². The van der Waals surface area contributed by atoms with Crippen LogP contribution in [0.5, 0.6) is 0 Å². The third-order valence-corrected chi connectivity index (χ3v) is 4.88. The third kappa shape index (κ3) is 2.35. The zero-order valence-corrected chi connectivity index (χ0v) is 11.8. The lowest BCUT2D eigenvalue weighted by Gasteiger charge is -2.31. The third-order valence-electron chi connectivity index (χ3n) is 4.88. The Morgan fingerprint density at radius 3 is 2.60 bits per heavy atom. The van der Waals surface area contributed by atoms with Gasteiger partial charge >= 0.3 is 0 Å². The van der Waals surface area contributed by atoms with Crippen LogP contribution in [-0.2, 0) is 0 Å². The van der Waals surface area contributed by atoms with Crippen molar-refractivity contribution in [1.82, 2.24) is 0 Å². The molecule has 4 N–H and O–H groups in total. The molecule has 1 saturated carbocycles. The number of rotatable bonds is 3. The molecule has 1 amide bonds. The Morgan fingerprint density at radius 2 is 1.90 bits per heavy atom. The highest BCUT2D eigenvalue weighted by molar-refractivity contribution is 5.99. The second-order valence-electron chi connectivity index (χ2n) is 6.08. The van der Waals surface area contributed by atoms with Crippen LogP contribution in [0.4, 0.5) is 11.4 Å². The van der Waals surface area contributed by atoms with E-state index in [9.17, 15) is 4.79 Å². The van der Waals surface area contributed by atoms with Crippen LogP contribution >= 0.6 is 0 Å². The highest BCUT2D eigenvalue weighted by Crippen LogP contribution is 2.38. The Kier molecular flexibility index (Phi) is 3.55. The summed E-state index contributed by atoms with van der Waals surface area (Å²) < 4.78 is 0. The first-order valence-corrected chi connectivity index (χ1v) is 7.63. The Bertz CT molecular complexity index is 508. The minimum atomic E-state index is -0.444. The summed E-state index contributed by atoms with van der Waals surface area (Å²) in [5.41, 5.74) is 13.2. The van der Waals surface area contributed by atoms with E-state index in [1.165, 1.54) is 38.5 Å². The van der Waals surface area contributed by atoms with Gasteiger partial charge in [0.15, 0.2) is 0 Å². The summed E-state index contributed by atoms with van der Waals surface area (Å²) >= 11 is 0. The fourth-order valence-electron chi connectivity index (χ4n) is 3.88. The average Bonchev–Trinajstić information content (AvgIpc) is 3.09. The number of anilines is 2. The SMILES string of the molecule is NC(=O)c1cc(N2CCCC2C2CCCC2)ccc1N. The van der Waals surface area contributed by atoms with E-state index < -0.39 is 5.91 Å². The quantitative estimate of drug-likeness (QED) is 0.831. The summed E-state index contributed by atoms with van der Waals surface area (Å²) in [4.78, 5) is 13.9. The van der Waals surface area contributed by atoms with Gasteiger partial charge in [0.25, 0.3) is 5.91 Å². The number of nitrogens with two attached hydrogens (primary N) is 2. The maximum atomic E-state index is 11.5. The first-order valence-electron chi connectivity index (χ1n) is 7.63. The molecule has 0 spiro atoms. The maximum absolute atomic E-state index is 11.5. The van der Waals surface area contributed by atoms with Gasteiger partial charge in [0.05, 0.1) is 5.56 Å². The van der Waals surface area contributed by atoms with Crippen molar-refractivity contribution in [2.45, 2.75) is 44.6 Å². The molecule has 0 radical (unpaired) electrons. The molecule has 1 aliphatic heterocycles. The lowest BCUT2D eigenvalue weighted by Crippen LogP contribution is -2.34. The molecular weight excluding hydrogens is 250 g/mol. The smallest absolute Gasteiger partial charge is 0.250 e. The number of hydrogen-bond acceptors (Lipinski definition) is 3. The highest BCUT2D eigenvalue weighted by Gasteiger charge is 2.33. The van der Waals surface area contributed by atoms with Crippen LogP contribution in [0, 0.1) is 5.92 Å². The molecule has 1 aromatic carbocycles. The van der Waals surface area contributed by atoms with Crippen LogP contribution in [0.1, 0.15) is 48.9 Å². The number of carbonyl (C=O) groups is 1. The number of carbonyl (C=O) groups excluding carboxylic acids is 1. The molecule has 1 atom stereocenters. The van der Waals surface area contributed by atoms with Gasteiger partial charge in [-0.2, -0.15) is 0 Å². The molecule has 2 aliphatic rings. The molecule has 2 fully saturated rings. The van der Waals surface area contributed by atoms with Crippen molar-refractivity contribution < 1.29 is 4.79 Å². The lowest BCUT2D eigenvalue weighted by atomic mass is 9.95. The molecule has 0 bridgehead atoms. The summed E-state index contributed by atoms with van der Waals surface area (Å²) in [7, 11) is 0. The van der Waals surface area contributed by atoms with Crippen molar-refractivity contribution in [3.05, 3.63) is 23.8 Å². The average molecular weight is 273 g/mol. The van der Waals surface area contributed by atoms with Gasteiger partial charge in [0.1, 0.15) is 0 Å². The van der Waals surface area contributed by atoms with Crippen molar-refractivity contribution in [3.63, 3.8) is 0 Å². The molecule has 1 unspecified atom stereocenters. The molecule has 1 aliphatic carbocycles. The first-order chi connectivity index (χ1) is 9.66. The molecule has 1 saturated heterocycles. The standard InChI is InChI=1S/C16H23N3O/c17-14-8-7-12(10-13(14)16(18)20)19-9-3-6-15(19)11-4-1-2-5-11/h7-8,10-11,15H,1-6,9,17H2,(H2,18,20). The summed E-state index contributed by atoms with van der Waals surface area (Å²) in [5.74, 6) is 0.369. The van der Waals surface area contributed by atoms with Crippen LogP contribution < -0.4 is 16.4 Å². The van der Waals surface area contributed by atoms with Crippen molar-refractivity contribution >= 4 is 17.3 Å². The number of primary amides is 1. The maximum Gasteiger partial charge on any atom is 0.250 e. The Balaban J connectivity index is 1.87. The predicted octanol–water partition coefficient (Wildman–Crippen LogP) is 2.53. The van der Waals surface area contributed by atoms with E-state index in [1.807, 2.05) is 12.1 Å². The van der Waals surface area contributed by atoms with Gasteiger partial charge in [-0.05, 0) is 49.8 Å². The van der Waals surface area contributed by atoms with E-state index >= 15 is 0 Å². The molecular formula is C16H23N3O. The molecule has 1 heterocycles. The predicted molar refractivity (Wildman–Crippen MR) is 81.7 cm³/mol. The summed E-state index contributed by atoms with van der Waals surface area (Å²) in [5, 5.41) is 0. The molecule has 20 heavy (non-hydrogen) atoms. The van der Waals surface area contributed by atoms with Crippen LogP contribution in [0.25, 0.3) is 0 Å². The summed E-state index contributed by atoms with van der Waals surface area (Å²) in [6.45, 7) is 1.07. The Morgan fingerprint density at radius 1 is 1.15 bits per heavy atom. The first kappa shape index (κ1) is 13.3. The fraction of sp³-hybridized carbons (Fsp3) is 0.562. The van der Waals surface area contributed by atoms with Crippen LogP contribution in [0.2, 0.25) is 0 Å². The van der Waals surface area contributed by atoms with Gasteiger partial charge in [0.2, 0.25) is 0 Å². The minimum absolute atomic E-state index is 0.444. The second kappa shape index (κ2) is 5.35. The minimum Gasteiger partial charge on any atom is -0.398 e. The van der Waals surface area contributed by atoms with Gasteiger partial charge in [-0.25, -0.2) is 0 Å². The fourth-order valence-corrected chi connectivity index (χ4v) is 3.88. The molecule has 4 heteroatoms. The summed E-state index contributed by atoms with van der Waals surface area (Å²) in [6.07, 6.45) is 7.92. The largest absolute Gasteiger partial charge is 0.398 e. The van der Waals surface area contributed by atoms with E-state index in [2.05, 4.69) is 4.90 Å². The zero-order valence-electron chi connectivity index (χ0n) is 11.8. The van der Waals surface area contributed by atoms with Gasteiger partial charge < -0.3 is 16.4 Å². The zero-order chi connectivity index (χ0) is 14.1. The number of nitrogen functional groups attached to an aromatic ring is 1. The van der Waals surface area contributed by atoms with Crippen LogP contribution in [0.15, 0.2) is 18.2 Å². The molecule has 0 aromatic heterocycles. The number of nitrogens with zero attached hydrogens (tertiary/aromatic N) is 1. The number of amides is 1. The number of hydrogen-bond donors (Lipinski definition) is 2. The lowest BCUT2D eigenvalue weighted by molar-refractivity contribution is 0.100. The monoisotopic (exact) mass is 273 g/mol. The van der Waals surface area contributed by atoms with Gasteiger partial charge in [0, 0.05) is 24.0 Å². The second-order valence-corrected chi connectivity index (χ2v) is 6.08. The van der Waals surface area contributed by atoms with Gasteiger partial charge in [-0.1, -0.05) is 12.8 Å². The van der Waals surface area contributed by atoms with Crippen molar-refractivity contribution in [1.29, 1.82) is 0 Å². The van der Waals surface area contributed by atoms with Gasteiger partial charge in [-0.15, -0.1) is 0 Å². The van der Waals surface area contributed by atoms with E-state index in [0.29, 0.717) is 17.3 Å². The van der Waals surface area contributed by atoms with Crippen LogP contribution in [-0.4, -0.2) is 18.5 Å². The van der Waals surface area contributed by atoms with E-state index in [-0.39, 0.29) is 0 Å². The highest BCUT2D eigenvalue weighted by atomic mass is 16.1. The van der Waals surface area contributed by atoms with Crippen molar-refractivity contribution in [2.24, 2.45) is 11.7 Å². The molecule has 1 aromatic rings. The van der Waals surface area contributed by atoms with Crippen molar-refractivity contribution in [3.8, 4) is 0 Å². The van der Waals surface area contributed by atoms with E-state index in [1.54, 1.807) is 6.07 Å². The normalized spacial score (nSPS) is 23.4. The molecule has 108 valence electrons. The Hall–Kier alpha value is -1.71. The van der Waals surface area contributed by atoms with E-state index in [4.69, 9.17) is 11.5 Å².